The van der Waals surface area contributed by atoms with Crippen LogP contribution in [0.5, 0.6) is 0 Å². The fraction of sp³-hybridized carbons (Fsp3) is 0.526. The molecule has 1 aromatic rings. The van der Waals surface area contributed by atoms with Crippen molar-refractivity contribution in [1.82, 2.24) is 4.90 Å². The van der Waals surface area contributed by atoms with Gasteiger partial charge in [-0.2, -0.15) is 13.2 Å². The second kappa shape index (κ2) is 8.64. The van der Waals surface area contributed by atoms with Crippen molar-refractivity contribution in [3.63, 3.8) is 0 Å². The van der Waals surface area contributed by atoms with Gasteiger partial charge in [0.15, 0.2) is 6.10 Å². The third kappa shape index (κ3) is 5.23. The number of carbonyl (C=O) groups excluding carboxylic acids is 3. The first kappa shape index (κ1) is 21.5. The summed E-state index contributed by atoms with van der Waals surface area (Å²) in [4.78, 5) is 38.9. The molecule has 0 spiro atoms. The van der Waals surface area contributed by atoms with Crippen LogP contribution in [0.1, 0.15) is 38.2 Å². The zero-order valence-electron chi connectivity index (χ0n) is 15.8. The van der Waals surface area contributed by atoms with Gasteiger partial charge in [0.25, 0.3) is 5.91 Å². The number of halogens is 3. The molecule has 0 saturated carbocycles. The van der Waals surface area contributed by atoms with E-state index in [4.69, 9.17) is 4.74 Å². The molecule has 2 atom stereocenters. The van der Waals surface area contributed by atoms with Gasteiger partial charge in [0.2, 0.25) is 5.91 Å². The first-order valence-corrected chi connectivity index (χ1v) is 10.2. The van der Waals surface area contributed by atoms with Crippen LogP contribution in [-0.4, -0.2) is 47.1 Å². The average molecular weight is 430 g/mol. The Morgan fingerprint density at radius 1 is 1.28 bits per heavy atom. The van der Waals surface area contributed by atoms with Crippen LogP contribution >= 0.6 is 11.8 Å². The predicted molar refractivity (Wildman–Crippen MR) is 100 cm³/mol. The lowest BCUT2D eigenvalue weighted by Gasteiger charge is -2.29. The van der Waals surface area contributed by atoms with Crippen molar-refractivity contribution in [3.05, 3.63) is 23.8 Å². The number of esters is 1. The molecule has 158 valence electrons. The average Bonchev–Trinajstić information content (AvgIpc) is 2.67. The number of likely N-dealkylation sites (tertiary alicyclic amines) is 1. The Kier molecular flexibility index (Phi) is 6.40. The Morgan fingerprint density at radius 3 is 2.62 bits per heavy atom. The normalized spacial score (nSPS) is 20.5. The molecular weight excluding hydrogens is 409 g/mol. The number of anilines is 1. The molecule has 0 unspecified atom stereocenters. The number of piperidine rings is 1. The lowest BCUT2D eigenvalue weighted by Crippen LogP contribution is -2.43. The lowest BCUT2D eigenvalue weighted by atomic mass is 10.1. The second-order valence-corrected chi connectivity index (χ2v) is 8.27. The van der Waals surface area contributed by atoms with Gasteiger partial charge in [-0.05, 0) is 44.4 Å². The minimum Gasteiger partial charge on any atom is -0.452 e. The molecule has 1 aromatic carbocycles. The van der Waals surface area contributed by atoms with Crippen LogP contribution in [0.2, 0.25) is 0 Å². The largest absolute Gasteiger partial charge is 0.452 e. The molecule has 1 fully saturated rings. The number of alkyl halides is 3. The summed E-state index contributed by atoms with van der Waals surface area (Å²) in [6, 6.07) is 3.06. The number of hydrogen-bond donors (Lipinski definition) is 1. The Hall–Kier alpha value is -2.23. The van der Waals surface area contributed by atoms with E-state index >= 15 is 0 Å². The number of nitrogens with one attached hydrogen (secondary N) is 1. The number of carbonyl (C=O) groups is 3. The van der Waals surface area contributed by atoms with E-state index in [2.05, 4.69) is 5.32 Å². The Bertz CT molecular complexity index is 809. The van der Waals surface area contributed by atoms with E-state index < -0.39 is 35.0 Å². The quantitative estimate of drug-likeness (QED) is 0.741. The number of hydrogen-bond acceptors (Lipinski definition) is 5. The molecule has 0 aromatic heterocycles. The number of rotatable bonds is 4. The van der Waals surface area contributed by atoms with E-state index in [1.54, 1.807) is 4.90 Å². The lowest BCUT2D eigenvalue weighted by molar-refractivity contribution is -0.159. The van der Waals surface area contributed by atoms with E-state index in [9.17, 15) is 27.6 Å². The highest BCUT2D eigenvalue weighted by molar-refractivity contribution is 8.01. The standard InChI is InChI=1S/C19H21F3N2O4S/c1-11(18(27)24-7-3-2-4-8-24)28-16(25)10-15-17(26)23-13-9-12(19(20,21)22)5-6-14(13)29-15/h5-6,9,11,15H,2-4,7-8,10H2,1H3,(H,23,26)/t11-,15+/m0/s1. The van der Waals surface area contributed by atoms with Crippen LogP contribution in [-0.2, 0) is 25.3 Å². The van der Waals surface area contributed by atoms with Gasteiger partial charge in [-0.25, -0.2) is 0 Å². The van der Waals surface area contributed by atoms with Crippen molar-refractivity contribution in [2.24, 2.45) is 0 Å². The van der Waals surface area contributed by atoms with Gasteiger partial charge >= 0.3 is 12.1 Å². The van der Waals surface area contributed by atoms with E-state index in [-0.39, 0.29) is 18.0 Å². The fourth-order valence-electron chi connectivity index (χ4n) is 3.28. The van der Waals surface area contributed by atoms with Gasteiger partial charge in [0.05, 0.1) is 22.9 Å². The smallest absolute Gasteiger partial charge is 0.416 e. The van der Waals surface area contributed by atoms with E-state index in [0.29, 0.717) is 18.0 Å². The van der Waals surface area contributed by atoms with Gasteiger partial charge < -0.3 is 15.0 Å². The van der Waals surface area contributed by atoms with Gasteiger partial charge in [-0.1, -0.05) is 0 Å². The van der Waals surface area contributed by atoms with Crippen LogP contribution < -0.4 is 5.32 Å². The van der Waals surface area contributed by atoms with Crippen molar-refractivity contribution in [2.45, 2.75) is 55.0 Å². The molecule has 1 N–H and O–H groups in total. The molecule has 2 amide bonds. The number of ether oxygens (including phenoxy) is 1. The minimum absolute atomic E-state index is 0.0630. The van der Waals surface area contributed by atoms with Crippen LogP contribution in [0.15, 0.2) is 23.1 Å². The van der Waals surface area contributed by atoms with Crippen molar-refractivity contribution in [3.8, 4) is 0 Å². The zero-order chi connectivity index (χ0) is 21.2. The molecule has 6 nitrogen and oxygen atoms in total. The highest BCUT2D eigenvalue weighted by Gasteiger charge is 2.35. The van der Waals surface area contributed by atoms with Crippen molar-refractivity contribution >= 4 is 35.2 Å². The Labute approximate surface area is 170 Å². The van der Waals surface area contributed by atoms with Crippen LogP contribution in [0, 0.1) is 0 Å². The topological polar surface area (TPSA) is 75.7 Å². The Morgan fingerprint density at radius 2 is 1.97 bits per heavy atom. The first-order valence-electron chi connectivity index (χ1n) is 9.32. The summed E-state index contributed by atoms with van der Waals surface area (Å²) in [7, 11) is 0. The summed E-state index contributed by atoms with van der Waals surface area (Å²) in [5, 5.41) is 1.57. The minimum atomic E-state index is -4.51. The van der Waals surface area contributed by atoms with E-state index in [0.717, 1.165) is 43.2 Å². The highest BCUT2D eigenvalue weighted by Crippen LogP contribution is 2.40. The number of benzene rings is 1. The summed E-state index contributed by atoms with van der Waals surface area (Å²) in [5.41, 5.74) is -0.798. The summed E-state index contributed by atoms with van der Waals surface area (Å²) >= 11 is 1.00. The third-order valence-electron chi connectivity index (χ3n) is 4.80. The summed E-state index contributed by atoms with van der Waals surface area (Å²) in [6.45, 7) is 2.77. The van der Waals surface area contributed by atoms with Crippen LogP contribution in [0.3, 0.4) is 0 Å². The monoisotopic (exact) mass is 430 g/mol. The number of amides is 2. The predicted octanol–water partition coefficient (Wildman–Crippen LogP) is 3.45. The molecule has 10 heteroatoms. The van der Waals surface area contributed by atoms with Crippen molar-refractivity contribution in [1.29, 1.82) is 0 Å². The molecule has 2 aliphatic heterocycles. The van der Waals surface area contributed by atoms with Gasteiger partial charge in [-0.3, -0.25) is 14.4 Å². The number of fused-ring (bicyclic) bond motifs is 1. The van der Waals surface area contributed by atoms with E-state index in [1.807, 2.05) is 0 Å². The SMILES string of the molecule is C[C@H](OC(=O)C[C@H]1Sc2ccc(C(F)(F)F)cc2NC1=O)C(=O)N1CCCCC1. The van der Waals surface area contributed by atoms with Crippen molar-refractivity contribution in [2.75, 3.05) is 18.4 Å². The zero-order valence-corrected chi connectivity index (χ0v) is 16.6. The maximum absolute atomic E-state index is 12.8. The maximum atomic E-state index is 12.8. The second-order valence-electron chi connectivity index (χ2n) is 7.03. The third-order valence-corrected chi connectivity index (χ3v) is 6.08. The molecule has 2 aliphatic rings. The molecule has 3 rings (SSSR count). The number of nitrogens with zero attached hydrogens (tertiary/aromatic N) is 1. The highest BCUT2D eigenvalue weighted by atomic mass is 32.2. The Balaban J connectivity index is 1.58. The summed E-state index contributed by atoms with van der Waals surface area (Å²) < 4.78 is 43.6. The van der Waals surface area contributed by atoms with Crippen LogP contribution in [0.4, 0.5) is 18.9 Å². The van der Waals surface area contributed by atoms with Crippen LogP contribution in [0.25, 0.3) is 0 Å². The van der Waals surface area contributed by atoms with Gasteiger partial charge in [0, 0.05) is 18.0 Å². The molecule has 2 heterocycles. The van der Waals surface area contributed by atoms with Crippen molar-refractivity contribution < 1.29 is 32.3 Å². The summed E-state index contributed by atoms with van der Waals surface area (Å²) in [6.07, 6.45) is -2.84. The molecule has 0 aliphatic carbocycles. The maximum Gasteiger partial charge on any atom is 0.416 e. The molecular formula is C19H21F3N2O4S. The molecule has 29 heavy (non-hydrogen) atoms. The number of thioether (sulfide) groups is 1. The van der Waals surface area contributed by atoms with Gasteiger partial charge in [0.1, 0.15) is 0 Å². The fourth-order valence-corrected chi connectivity index (χ4v) is 4.36. The molecule has 0 radical (unpaired) electrons. The molecule has 1 saturated heterocycles. The van der Waals surface area contributed by atoms with Gasteiger partial charge in [-0.15, -0.1) is 11.8 Å². The van der Waals surface area contributed by atoms with E-state index in [1.165, 1.54) is 13.0 Å². The first-order chi connectivity index (χ1) is 13.6. The summed E-state index contributed by atoms with van der Waals surface area (Å²) in [5.74, 6) is -1.54. The molecule has 0 bridgehead atoms.